The summed E-state index contributed by atoms with van der Waals surface area (Å²) in [5, 5.41) is 2.95. The third-order valence-electron chi connectivity index (χ3n) is 4.78. The number of fused-ring (bicyclic) bond motifs is 1. The van der Waals surface area contributed by atoms with Gasteiger partial charge in [0.2, 0.25) is 5.91 Å². The van der Waals surface area contributed by atoms with Crippen LogP contribution in [0.15, 0.2) is 42.5 Å². The Morgan fingerprint density at radius 3 is 2.70 bits per heavy atom. The predicted molar refractivity (Wildman–Crippen MR) is 105 cm³/mol. The lowest BCUT2D eigenvalue weighted by Crippen LogP contribution is -2.40. The van der Waals surface area contributed by atoms with Crippen LogP contribution in [-0.2, 0) is 11.2 Å². The van der Waals surface area contributed by atoms with Crippen molar-refractivity contribution in [2.45, 2.75) is 19.4 Å². The Morgan fingerprint density at radius 1 is 1.19 bits per heavy atom. The summed E-state index contributed by atoms with van der Waals surface area (Å²) in [6.07, 6.45) is 0.808. The minimum atomic E-state index is -0.270. The highest BCUT2D eigenvalue weighted by molar-refractivity contribution is 5.94. The van der Waals surface area contributed by atoms with Crippen LogP contribution in [0.4, 0.5) is 5.69 Å². The van der Waals surface area contributed by atoms with Crippen molar-refractivity contribution >= 4 is 11.6 Å². The Kier molecular flexibility index (Phi) is 6.19. The molecule has 6 heteroatoms. The van der Waals surface area contributed by atoms with Crippen LogP contribution in [-0.4, -0.2) is 50.8 Å². The minimum absolute atomic E-state index is 0.0609. The maximum absolute atomic E-state index is 12.6. The predicted octanol–water partition coefficient (Wildman–Crippen LogP) is 2.97. The molecule has 6 nitrogen and oxygen atoms in total. The number of carbonyl (C=O) groups excluding carboxylic acids is 1. The fourth-order valence-corrected chi connectivity index (χ4v) is 2.97. The van der Waals surface area contributed by atoms with E-state index in [9.17, 15) is 4.79 Å². The summed E-state index contributed by atoms with van der Waals surface area (Å²) in [5.41, 5.74) is 1.83. The van der Waals surface area contributed by atoms with Crippen molar-refractivity contribution in [3.63, 3.8) is 0 Å². The van der Waals surface area contributed by atoms with Gasteiger partial charge in [0.15, 0.2) is 11.5 Å². The normalized spacial score (nSPS) is 13.9. The van der Waals surface area contributed by atoms with Gasteiger partial charge in [-0.3, -0.25) is 9.69 Å². The number of anilines is 1. The number of likely N-dealkylation sites (N-methyl/N-ethyl adjacent to an activating group) is 1. The van der Waals surface area contributed by atoms with Crippen LogP contribution in [0, 0.1) is 0 Å². The molecule has 1 heterocycles. The van der Waals surface area contributed by atoms with Gasteiger partial charge in [-0.1, -0.05) is 18.2 Å². The van der Waals surface area contributed by atoms with Gasteiger partial charge >= 0.3 is 0 Å². The minimum Gasteiger partial charge on any atom is -0.496 e. The maximum atomic E-state index is 12.6. The molecule has 1 atom stereocenters. The van der Waals surface area contributed by atoms with Gasteiger partial charge in [0.1, 0.15) is 19.0 Å². The first-order valence-corrected chi connectivity index (χ1v) is 9.11. The third kappa shape index (κ3) is 4.71. The average molecular weight is 370 g/mol. The molecule has 1 N–H and O–H groups in total. The van der Waals surface area contributed by atoms with Gasteiger partial charge in [-0.15, -0.1) is 0 Å². The van der Waals surface area contributed by atoms with Crippen LogP contribution in [0.2, 0.25) is 0 Å². The quantitative estimate of drug-likeness (QED) is 0.812. The molecule has 27 heavy (non-hydrogen) atoms. The smallest absolute Gasteiger partial charge is 0.241 e. The van der Waals surface area contributed by atoms with Gasteiger partial charge < -0.3 is 19.5 Å². The molecular weight excluding hydrogens is 344 g/mol. The molecule has 1 aliphatic heterocycles. The average Bonchev–Trinajstić information content (AvgIpc) is 2.71. The molecule has 0 aromatic heterocycles. The molecule has 2 aromatic carbocycles. The summed E-state index contributed by atoms with van der Waals surface area (Å²) < 4.78 is 16.5. The van der Waals surface area contributed by atoms with E-state index >= 15 is 0 Å². The van der Waals surface area contributed by atoms with Crippen molar-refractivity contribution in [2.75, 3.05) is 39.2 Å². The number of carbonyl (C=O) groups is 1. The maximum Gasteiger partial charge on any atom is 0.241 e. The number of ether oxygens (including phenoxy) is 3. The molecule has 0 aliphatic carbocycles. The van der Waals surface area contributed by atoms with Gasteiger partial charge in [-0.25, -0.2) is 0 Å². The molecule has 0 fully saturated rings. The van der Waals surface area contributed by atoms with Crippen LogP contribution < -0.4 is 19.5 Å². The zero-order chi connectivity index (χ0) is 19.2. The molecule has 0 saturated heterocycles. The van der Waals surface area contributed by atoms with E-state index in [1.165, 1.54) is 0 Å². The molecule has 3 rings (SSSR count). The Hall–Kier alpha value is -2.73. The monoisotopic (exact) mass is 370 g/mol. The summed E-state index contributed by atoms with van der Waals surface area (Å²) in [6.45, 7) is 3.71. The molecule has 0 spiro atoms. The second kappa shape index (κ2) is 8.77. The summed E-state index contributed by atoms with van der Waals surface area (Å²) in [7, 11) is 3.62. The number of rotatable bonds is 7. The van der Waals surface area contributed by atoms with Crippen molar-refractivity contribution in [2.24, 2.45) is 0 Å². The topological polar surface area (TPSA) is 60.0 Å². The molecule has 144 valence electrons. The highest BCUT2D eigenvalue weighted by Crippen LogP contribution is 2.32. The van der Waals surface area contributed by atoms with Crippen molar-refractivity contribution in [1.82, 2.24) is 4.90 Å². The van der Waals surface area contributed by atoms with E-state index in [1.807, 2.05) is 55.3 Å². The van der Waals surface area contributed by atoms with Gasteiger partial charge in [-0.2, -0.15) is 0 Å². The van der Waals surface area contributed by atoms with Crippen molar-refractivity contribution in [3.8, 4) is 17.2 Å². The molecule has 0 bridgehead atoms. The zero-order valence-corrected chi connectivity index (χ0v) is 16.0. The highest BCUT2D eigenvalue weighted by Gasteiger charge is 2.19. The lowest BCUT2D eigenvalue weighted by molar-refractivity contribution is -0.120. The fourth-order valence-electron chi connectivity index (χ4n) is 2.97. The zero-order valence-electron chi connectivity index (χ0n) is 16.0. The first-order valence-electron chi connectivity index (χ1n) is 9.11. The highest BCUT2D eigenvalue weighted by atomic mass is 16.6. The molecule has 1 aliphatic rings. The molecule has 0 saturated carbocycles. The van der Waals surface area contributed by atoms with E-state index in [2.05, 4.69) is 5.32 Å². The fraction of sp³-hybridized carbons (Fsp3) is 0.381. The Bertz CT molecular complexity index is 794. The molecule has 1 amide bonds. The summed E-state index contributed by atoms with van der Waals surface area (Å²) in [5.74, 6) is 2.19. The number of para-hydroxylation sites is 1. The van der Waals surface area contributed by atoms with Crippen LogP contribution in [0.25, 0.3) is 0 Å². The number of methoxy groups -OCH3 is 1. The molecule has 2 aromatic rings. The van der Waals surface area contributed by atoms with Crippen LogP contribution in [0.5, 0.6) is 17.2 Å². The third-order valence-corrected chi connectivity index (χ3v) is 4.78. The van der Waals surface area contributed by atoms with Crippen LogP contribution >= 0.6 is 0 Å². The Labute approximate surface area is 160 Å². The number of benzene rings is 2. The van der Waals surface area contributed by atoms with E-state index in [0.29, 0.717) is 30.4 Å². The summed E-state index contributed by atoms with van der Waals surface area (Å²) in [6, 6.07) is 13.1. The molecular formula is C21H26N2O4. The molecule has 0 radical (unpaired) electrons. The summed E-state index contributed by atoms with van der Waals surface area (Å²) >= 11 is 0. The van der Waals surface area contributed by atoms with E-state index in [0.717, 1.165) is 24.3 Å². The SMILES string of the molecule is COc1ccccc1CCN(C)C(C)C(=O)Nc1ccc2c(c1)OCCO2. The van der Waals surface area contributed by atoms with E-state index in [1.54, 1.807) is 13.2 Å². The lowest BCUT2D eigenvalue weighted by atomic mass is 10.1. The number of amides is 1. The number of hydrogen-bond acceptors (Lipinski definition) is 5. The van der Waals surface area contributed by atoms with Crippen molar-refractivity contribution < 1.29 is 19.0 Å². The first-order chi connectivity index (χ1) is 13.1. The van der Waals surface area contributed by atoms with E-state index < -0.39 is 0 Å². The van der Waals surface area contributed by atoms with Gasteiger partial charge in [-0.05, 0) is 44.2 Å². The Balaban J connectivity index is 1.56. The molecule has 1 unspecified atom stereocenters. The largest absolute Gasteiger partial charge is 0.496 e. The van der Waals surface area contributed by atoms with Crippen molar-refractivity contribution in [3.05, 3.63) is 48.0 Å². The van der Waals surface area contributed by atoms with Crippen molar-refractivity contribution in [1.29, 1.82) is 0 Å². The summed E-state index contributed by atoms with van der Waals surface area (Å²) in [4.78, 5) is 14.6. The number of nitrogens with one attached hydrogen (secondary N) is 1. The lowest BCUT2D eigenvalue weighted by Gasteiger charge is -2.24. The van der Waals surface area contributed by atoms with Crippen LogP contribution in [0.3, 0.4) is 0 Å². The van der Waals surface area contributed by atoms with Gasteiger partial charge in [0.25, 0.3) is 0 Å². The second-order valence-corrected chi connectivity index (χ2v) is 6.57. The Morgan fingerprint density at radius 2 is 1.93 bits per heavy atom. The van der Waals surface area contributed by atoms with E-state index in [-0.39, 0.29) is 11.9 Å². The number of nitrogens with zero attached hydrogens (tertiary/aromatic N) is 1. The number of hydrogen-bond donors (Lipinski definition) is 1. The van der Waals surface area contributed by atoms with Gasteiger partial charge in [0.05, 0.1) is 13.2 Å². The standard InChI is InChI=1S/C21H26N2O4/c1-15(23(2)11-10-16-6-4-5-7-18(16)25-3)21(24)22-17-8-9-19-20(14-17)27-13-12-26-19/h4-9,14-15H,10-13H2,1-3H3,(H,22,24). The first kappa shape index (κ1) is 19.0. The van der Waals surface area contributed by atoms with Crippen LogP contribution in [0.1, 0.15) is 12.5 Å². The van der Waals surface area contributed by atoms with Gasteiger partial charge in [0, 0.05) is 18.3 Å². The second-order valence-electron chi connectivity index (χ2n) is 6.57. The van der Waals surface area contributed by atoms with E-state index in [4.69, 9.17) is 14.2 Å².